The van der Waals surface area contributed by atoms with Gasteiger partial charge in [0.15, 0.2) is 0 Å². The van der Waals surface area contributed by atoms with Crippen LogP contribution in [0.1, 0.15) is 11.1 Å². The predicted molar refractivity (Wildman–Crippen MR) is 131 cm³/mol. The third-order valence-corrected chi connectivity index (χ3v) is 6.50. The van der Waals surface area contributed by atoms with Crippen molar-refractivity contribution in [1.82, 2.24) is 14.5 Å². The lowest BCUT2D eigenvalue weighted by Gasteiger charge is -2.37. The normalized spacial score (nSPS) is 14.6. The van der Waals surface area contributed by atoms with E-state index >= 15 is 0 Å². The third kappa shape index (κ3) is 4.19. The molecule has 1 saturated heterocycles. The van der Waals surface area contributed by atoms with Crippen LogP contribution in [0.4, 0.5) is 14.5 Å². The molecule has 0 N–H and O–H groups in total. The number of benzene rings is 2. The van der Waals surface area contributed by atoms with Crippen LogP contribution in [0.25, 0.3) is 22.0 Å². The van der Waals surface area contributed by atoms with Crippen LogP contribution in [0.2, 0.25) is 0 Å². The Morgan fingerprint density at radius 2 is 1.65 bits per heavy atom. The maximum Gasteiger partial charge on any atom is 0.260 e. The van der Waals surface area contributed by atoms with Crippen molar-refractivity contribution < 1.29 is 8.78 Å². The first kappa shape index (κ1) is 22.2. The highest BCUT2D eigenvalue weighted by Gasteiger charge is 2.25. The number of piperazine rings is 1. The molecule has 0 atom stereocenters. The fourth-order valence-corrected chi connectivity index (χ4v) is 4.90. The van der Waals surface area contributed by atoms with Gasteiger partial charge in [0, 0.05) is 57.6 Å². The lowest BCUT2D eigenvalue weighted by Crippen LogP contribution is -2.46. The van der Waals surface area contributed by atoms with Gasteiger partial charge >= 0.3 is 0 Å². The number of hydrogen-bond donors (Lipinski definition) is 0. The lowest BCUT2D eigenvalue weighted by molar-refractivity contribution is 0.249. The second kappa shape index (κ2) is 8.99. The minimum atomic E-state index is -0.340. The summed E-state index contributed by atoms with van der Waals surface area (Å²) in [5.41, 5.74) is 4.49. The number of rotatable bonds is 4. The molecular formula is C27H26F2N4O. The van der Waals surface area contributed by atoms with Crippen LogP contribution in [0.15, 0.2) is 65.7 Å². The van der Waals surface area contributed by atoms with Gasteiger partial charge in [-0.1, -0.05) is 6.07 Å². The van der Waals surface area contributed by atoms with Crippen molar-refractivity contribution in [2.45, 2.75) is 13.5 Å². The fourth-order valence-electron chi connectivity index (χ4n) is 4.90. The van der Waals surface area contributed by atoms with Crippen LogP contribution in [0.5, 0.6) is 0 Å². The summed E-state index contributed by atoms with van der Waals surface area (Å²) in [7, 11) is 1.72. The van der Waals surface area contributed by atoms with E-state index in [4.69, 9.17) is 0 Å². The molecule has 34 heavy (non-hydrogen) atoms. The Morgan fingerprint density at radius 3 is 2.35 bits per heavy atom. The molecule has 4 aromatic rings. The van der Waals surface area contributed by atoms with Crippen molar-refractivity contribution in [3.63, 3.8) is 0 Å². The SMILES string of the molecule is Cc1cc(F)cc(CN2CCN(c3c(-c4ccncc4)c(=O)n(C)c4ccc(F)cc34)CC2)c1. The Hall–Kier alpha value is -3.58. The summed E-state index contributed by atoms with van der Waals surface area (Å²) in [6, 6.07) is 13.3. The van der Waals surface area contributed by atoms with Gasteiger partial charge in [0.05, 0.1) is 16.8 Å². The van der Waals surface area contributed by atoms with Crippen molar-refractivity contribution in [1.29, 1.82) is 0 Å². The molecule has 1 aliphatic rings. The number of anilines is 1. The smallest absolute Gasteiger partial charge is 0.260 e. The Balaban J connectivity index is 1.53. The van der Waals surface area contributed by atoms with Crippen molar-refractivity contribution in [3.8, 4) is 11.1 Å². The zero-order chi connectivity index (χ0) is 23.8. The first-order valence-electron chi connectivity index (χ1n) is 11.4. The fraction of sp³-hybridized carbons (Fsp3) is 0.259. The molecule has 5 nitrogen and oxygen atoms in total. The first-order valence-corrected chi connectivity index (χ1v) is 11.4. The molecule has 0 amide bonds. The molecule has 0 radical (unpaired) electrons. The molecule has 174 valence electrons. The van der Waals surface area contributed by atoms with Gasteiger partial charge in [0.2, 0.25) is 0 Å². The van der Waals surface area contributed by atoms with Crippen LogP contribution < -0.4 is 10.5 Å². The second-order valence-corrected chi connectivity index (χ2v) is 8.89. The van der Waals surface area contributed by atoms with E-state index in [-0.39, 0.29) is 17.2 Å². The van der Waals surface area contributed by atoms with Gasteiger partial charge in [-0.25, -0.2) is 8.78 Å². The van der Waals surface area contributed by atoms with Gasteiger partial charge in [-0.05, 0) is 66.1 Å². The largest absolute Gasteiger partial charge is 0.368 e. The lowest BCUT2D eigenvalue weighted by atomic mass is 10.0. The molecule has 2 aromatic carbocycles. The van der Waals surface area contributed by atoms with Gasteiger partial charge < -0.3 is 9.47 Å². The molecular weight excluding hydrogens is 434 g/mol. The summed E-state index contributed by atoms with van der Waals surface area (Å²) in [5, 5.41) is 0.711. The Kier molecular flexibility index (Phi) is 5.87. The molecule has 7 heteroatoms. The summed E-state index contributed by atoms with van der Waals surface area (Å²) < 4.78 is 29.8. The number of aromatic nitrogens is 2. The van der Waals surface area contributed by atoms with E-state index in [1.54, 1.807) is 36.1 Å². The van der Waals surface area contributed by atoms with Gasteiger partial charge in [-0.15, -0.1) is 0 Å². The maximum atomic E-state index is 14.4. The Morgan fingerprint density at radius 1 is 0.912 bits per heavy atom. The van der Waals surface area contributed by atoms with Crippen LogP contribution in [0.3, 0.4) is 0 Å². The quantitative estimate of drug-likeness (QED) is 0.450. The average molecular weight is 461 g/mol. The van der Waals surface area contributed by atoms with Crippen LogP contribution in [-0.4, -0.2) is 40.6 Å². The van der Waals surface area contributed by atoms with E-state index in [1.807, 2.05) is 25.1 Å². The van der Waals surface area contributed by atoms with Crippen molar-refractivity contribution in [2.75, 3.05) is 31.1 Å². The topological polar surface area (TPSA) is 41.4 Å². The van der Waals surface area contributed by atoms with E-state index < -0.39 is 0 Å². The number of nitrogens with zero attached hydrogens (tertiary/aromatic N) is 4. The summed E-state index contributed by atoms with van der Waals surface area (Å²) in [6.45, 7) is 5.39. The Bertz CT molecular complexity index is 1390. The average Bonchev–Trinajstić information content (AvgIpc) is 2.82. The van der Waals surface area contributed by atoms with E-state index in [2.05, 4.69) is 14.8 Å². The van der Waals surface area contributed by atoms with E-state index in [9.17, 15) is 13.6 Å². The highest BCUT2D eigenvalue weighted by Crippen LogP contribution is 2.35. The molecule has 0 unspecified atom stereocenters. The molecule has 0 spiro atoms. The van der Waals surface area contributed by atoms with Gasteiger partial charge in [0.25, 0.3) is 5.56 Å². The van der Waals surface area contributed by atoms with Gasteiger partial charge in [-0.2, -0.15) is 0 Å². The van der Waals surface area contributed by atoms with Crippen molar-refractivity contribution in [2.24, 2.45) is 7.05 Å². The number of fused-ring (bicyclic) bond motifs is 1. The molecule has 1 fully saturated rings. The number of hydrogen-bond acceptors (Lipinski definition) is 4. The highest BCUT2D eigenvalue weighted by molar-refractivity contribution is 6.00. The standard InChI is InChI=1S/C27H26F2N4O/c1-18-13-19(15-22(29)14-18)17-32-9-11-33(12-10-32)26-23-16-21(28)3-4-24(23)31(2)27(34)25(26)20-5-7-30-8-6-20/h3-8,13-16H,9-12,17H2,1-2H3. The Labute approximate surface area is 196 Å². The molecule has 1 aliphatic heterocycles. The van der Waals surface area contributed by atoms with Gasteiger partial charge in [0.1, 0.15) is 11.6 Å². The van der Waals surface area contributed by atoms with E-state index in [0.29, 0.717) is 36.1 Å². The summed E-state index contributed by atoms with van der Waals surface area (Å²) in [6.07, 6.45) is 3.32. The summed E-state index contributed by atoms with van der Waals surface area (Å²) in [4.78, 5) is 22.0. The molecule has 0 aliphatic carbocycles. The van der Waals surface area contributed by atoms with E-state index in [1.165, 1.54) is 18.2 Å². The van der Waals surface area contributed by atoms with Crippen LogP contribution in [-0.2, 0) is 13.6 Å². The zero-order valence-corrected chi connectivity index (χ0v) is 19.3. The van der Waals surface area contributed by atoms with Crippen molar-refractivity contribution in [3.05, 3.63) is 94.0 Å². The first-order chi connectivity index (χ1) is 16.4. The molecule has 0 saturated carbocycles. The highest BCUT2D eigenvalue weighted by atomic mass is 19.1. The number of halogens is 2. The maximum absolute atomic E-state index is 14.4. The predicted octanol–water partition coefficient (Wildman–Crippen LogP) is 4.51. The zero-order valence-electron chi connectivity index (χ0n) is 19.3. The second-order valence-electron chi connectivity index (χ2n) is 8.89. The minimum absolute atomic E-state index is 0.127. The van der Waals surface area contributed by atoms with Crippen LogP contribution in [0, 0.1) is 18.6 Å². The van der Waals surface area contributed by atoms with Crippen molar-refractivity contribution >= 4 is 16.6 Å². The molecule has 3 heterocycles. The molecule has 2 aromatic heterocycles. The van der Waals surface area contributed by atoms with Crippen LogP contribution >= 0.6 is 0 Å². The monoisotopic (exact) mass is 460 g/mol. The van der Waals surface area contributed by atoms with Gasteiger partial charge in [-0.3, -0.25) is 14.7 Å². The molecule has 0 bridgehead atoms. The number of aryl methyl sites for hydroxylation is 2. The molecule has 5 rings (SSSR count). The summed E-state index contributed by atoms with van der Waals surface area (Å²) in [5.74, 6) is -0.558. The third-order valence-electron chi connectivity index (χ3n) is 6.50. The minimum Gasteiger partial charge on any atom is -0.368 e. The van der Waals surface area contributed by atoms with E-state index in [0.717, 1.165) is 35.5 Å². The summed E-state index contributed by atoms with van der Waals surface area (Å²) >= 11 is 0. The number of pyridine rings is 2.